The van der Waals surface area contributed by atoms with Gasteiger partial charge in [0.05, 0.1) is 5.52 Å². The topological polar surface area (TPSA) is 30.7 Å². The Morgan fingerprint density at radius 2 is 2.00 bits per heavy atom. The standard InChI is InChI=1S/C11H8ClN3/c1-15-8-5-3-2-4-7(8)9-10(15)11(12)14-6-13-9/h2-6H,1H3. The zero-order chi connectivity index (χ0) is 10.4. The number of halogens is 1. The Hall–Kier alpha value is -1.61. The summed E-state index contributed by atoms with van der Waals surface area (Å²) in [4.78, 5) is 8.27. The number of aromatic nitrogens is 3. The highest BCUT2D eigenvalue weighted by Gasteiger charge is 2.11. The molecule has 4 heteroatoms. The Kier molecular flexibility index (Phi) is 1.70. The van der Waals surface area contributed by atoms with Crippen LogP contribution in [-0.4, -0.2) is 14.5 Å². The lowest BCUT2D eigenvalue weighted by Gasteiger charge is -1.97. The van der Waals surface area contributed by atoms with Crippen molar-refractivity contribution in [1.82, 2.24) is 14.5 Å². The second-order valence-electron chi connectivity index (χ2n) is 3.44. The largest absolute Gasteiger partial charge is 0.340 e. The predicted octanol–water partition coefficient (Wildman–Crippen LogP) is 2.77. The van der Waals surface area contributed by atoms with Crippen molar-refractivity contribution in [3.8, 4) is 0 Å². The second kappa shape index (κ2) is 2.94. The van der Waals surface area contributed by atoms with Crippen molar-refractivity contribution in [1.29, 1.82) is 0 Å². The number of rotatable bonds is 0. The van der Waals surface area contributed by atoms with Gasteiger partial charge in [0.25, 0.3) is 0 Å². The molecule has 0 saturated carbocycles. The lowest BCUT2D eigenvalue weighted by molar-refractivity contribution is 1.00. The Bertz CT molecular complexity index is 657. The molecule has 0 aliphatic carbocycles. The summed E-state index contributed by atoms with van der Waals surface area (Å²) in [5.74, 6) is 0. The van der Waals surface area contributed by atoms with E-state index in [2.05, 4.69) is 9.97 Å². The maximum absolute atomic E-state index is 6.06. The number of aryl methyl sites for hydroxylation is 1. The van der Waals surface area contributed by atoms with Crippen LogP contribution in [0.3, 0.4) is 0 Å². The second-order valence-corrected chi connectivity index (χ2v) is 3.80. The van der Waals surface area contributed by atoms with Gasteiger partial charge in [0, 0.05) is 12.4 Å². The smallest absolute Gasteiger partial charge is 0.156 e. The Morgan fingerprint density at radius 3 is 2.87 bits per heavy atom. The molecule has 0 aliphatic rings. The number of hydrogen-bond donors (Lipinski definition) is 0. The molecule has 0 fully saturated rings. The van der Waals surface area contributed by atoms with Crippen LogP contribution in [0.1, 0.15) is 0 Å². The van der Waals surface area contributed by atoms with Gasteiger partial charge in [-0.2, -0.15) is 0 Å². The molecule has 3 rings (SSSR count). The maximum atomic E-state index is 6.06. The Labute approximate surface area is 91.3 Å². The maximum Gasteiger partial charge on any atom is 0.156 e. The molecule has 0 radical (unpaired) electrons. The van der Waals surface area contributed by atoms with Gasteiger partial charge in [-0.05, 0) is 6.07 Å². The Morgan fingerprint density at radius 1 is 1.20 bits per heavy atom. The minimum atomic E-state index is 0.499. The van der Waals surface area contributed by atoms with Crippen molar-refractivity contribution >= 4 is 33.5 Å². The summed E-state index contributed by atoms with van der Waals surface area (Å²) < 4.78 is 2.02. The molecule has 2 aromatic heterocycles. The lowest BCUT2D eigenvalue weighted by Crippen LogP contribution is -1.89. The molecular weight excluding hydrogens is 210 g/mol. The first-order valence-electron chi connectivity index (χ1n) is 4.62. The fraction of sp³-hybridized carbons (Fsp3) is 0.0909. The van der Waals surface area contributed by atoms with Crippen LogP contribution in [0.5, 0.6) is 0 Å². The number of fused-ring (bicyclic) bond motifs is 3. The molecule has 0 bridgehead atoms. The van der Waals surface area contributed by atoms with E-state index in [9.17, 15) is 0 Å². The number of benzene rings is 1. The van der Waals surface area contributed by atoms with E-state index in [1.54, 1.807) is 0 Å². The van der Waals surface area contributed by atoms with E-state index in [0.29, 0.717) is 5.15 Å². The molecule has 1 aromatic carbocycles. The van der Waals surface area contributed by atoms with E-state index in [1.807, 2.05) is 35.9 Å². The van der Waals surface area contributed by atoms with Crippen LogP contribution in [0.4, 0.5) is 0 Å². The van der Waals surface area contributed by atoms with E-state index >= 15 is 0 Å². The molecule has 0 spiro atoms. The third kappa shape index (κ3) is 1.07. The normalized spacial score (nSPS) is 11.3. The van der Waals surface area contributed by atoms with Crippen molar-refractivity contribution < 1.29 is 0 Å². The van der Waals surface area contributed by atoms with Gasteiger partial charge in [0.2, 0.25) is 0 Å². The molecule has 0 N–H and O–H groups in total. The van der Waals surface area contributed by atoms with E-state index in [-0.39, 0.29) is 0 Å². The predicted molar refractivity (Wildman–Crippen MR) is 61.0 cm³/mol. The first-order chi connectivity index (χ1) is 7.29. The monoisotopic (exact) mass is 217 g/mol. The molecule has 0 aliphatic heterocycles. The lowest BCUT2D eigenvalue weighted by atomic mass is 10.2. The number of hydrogen-bond acceptors (Lipinski definition) is 2. The minimum Gasteiger partial charge on any atom is -0.340 e. The molecule has 2 heterocycles. The van der Waals surface area contributed by atoms with Crippen LogP contribution in [0.25, 0.3) is 21.9 Å². The van der Waals surface area contributed by atoms with Gasteiger partial charge >= 0.3 is 0 Å². The molecular formula is C11H8ClN3. The number of para-hydroxylation sites is 1. The molecule has 3 aromatic rings. The molecule has 74 valence electrons. The van der Waals surface area contributed by atoms with Gasteiger partial charge in [-0.3, -0.25) is 0 Å². The zero-order valence-electron chi connectivity index (χ0n) is 8.11. The minimum absolute atomic E-state index is 0.499. The molecule has 0 saturated heterocycles. The highest BCUT2D eigenvalue weighted by atomic mass is 35.5. The summed E-state index contributed by atoms with van der Waals surface area (Å²) in [5, 5.41) is 1.61. The summed E-state index contributed by atoms with van der Waals surface area (Å²) in [6, 6.07) is 8.09. The van der Waals surface area contributed by atoms with Crippen molar-refractivity contribution in [2.45, 2.75) is 0 Å². The van der Waals surface area contributed by atoms with Gasteiger partial charge in [-0.15, -0.1) is 0 Å². The quantitative estimate of drug-likeness (QED) is 0.542. The van der Waals surface area contributed by atoms with Crippen LogP contribution >= 0.6 is 11.6 Å². The summed E-state index contributed by atoms with van der Waals surface area (Å²) in [7, 11) is 1.97. The van der Waals surface area contributed by atoms with Gasteiger partial charge in [0.1, 0.15) is 17.4 Å². The first kappa shape index (κ1) is 8.68. The highest BCUT2D eigenvalue weighted by Crippen LogP contribution is 2.29. The molecule has 0 atom stereocenters. The van der Waals surface area contributed by atoms with E-state index in [1.165, 1.54) is 6.33 Å². The summed E-state index contributed by atoms with van der Waals surface area (Å²) in [6.07, 6.45) is 1.50. The third-order valence-electron chi connectivity index (χ3n) is 2.63. The Balaban J connectivity index is 2.69. The summed E-state index contributed by atoms with van der Waals surface area (Å²) in [6.45, 7) is 0. The third-order valence-corrected chi connectivity index (χ3v) is 2.91. The van der Waals surface area contributed by atoms with Crippen LogP contribution in [-0.2, 0) is 7.05 Å². The zero-order valence-corrected chi connectivity index (χ0v) is 8.86. The fourth-order valence-corrected chi connectivity index (χ4v) is 2.20. The van der Waals surface area contributed by atoms with E-state index in [4.69, 9.17) is 11.6 Å². The number of nitrogens with zero attached hydrogens (tertiary/aromatic N) is 3. The fourth-order valence-electron chi connectivity index (χ4n) is 1.94. The average Bonchev–Trinajstić information content (AvgIpc) is 2.55. The van der Waals surface area contributed by atoms with Crippen LogP contribution in [0.2, 0.25) is 5.15 Å². The van der Waals surface area contributed by atoms with E-state index in [0.717, 1.165) is 21.9 Å². The highest BCUT2D eigenvalue weighted by molar-refractivity contribution is 6.34. The van der Waals surface area contributed by atoms with Crippen LogP contribution < -0.4 is 0 Å². The van der Waals surface area contributed by atoms with Crippen molar-refractivity contribution in [2.24, 2.45) is 7.05 Å². The molecule has 0 unspecified atom stereocenters. The van der Waals surface area contributed by atoms with Crippen molar-refractivity contribution in [3.05, 3.63) is 35.7 Å². The first-order valence-corrected chi connectivity index (χ1v) is 5.00. The summed E-state index contributed by atoms with van der Waals surface area (Å²) >= 11 is 6.06. The van der Waals surface area contributed by atoms with Gasteiger partial charge < -0.3 is 4.57 Å². The van der Waals surface area contributed by atoms with Gasteiger partial charge in [0.15, 0.2) is 5.15 Å². The average molecular weight is 218 g/mol. The molecule has 0 amide bonds. The van der Waals surface area contributed by atoms with Crippen LogP contribution in [0, 0.1) is 0 Å². The van der Waals surface area contributed by atoms with Crippen molar-refractivity contribution in [3.63, 3.8) is 0 Å². The summed E-state index contributed by atoms with van der Waals surface area (Å²) in [5.41, 5.74) is 2.92. The van der Waals surface area contributed by atoms with Crippen molar-refractivity contribution in [2.75, 3.05) is 0 Å². The van der Waals surface area contributed by atoms with Crippen LogP contribution in [0.15, 0.2) is 30.6 Å². The molecule has 3 nitrogen and oxygen atoms in total. The SMILES string of the molecule is Cn1c2ccccc2c2ncnc(Cl)c21. The molecule has 15 heavy (non-hydrogen) atoms. The van der Waals surface area contributed by atoms with Gasteiger partial charge in [-0.1, -0.05) is 29.8 Å². The van der Waals surface area contributed by atoms with E-state index < -0.39 is 0 Å². The van der Waals surface area contributed by atoms with Gasteiger partial charge in [-0.25, -0.2) is 9.97 Å².